The summed E-state index contributed by atoms with van der Waals surface area (Å²) in [6.07, 6.45) is 5.23. The lowest BCUT2D eigenvalue weighted by molar-refractivity contribution is 0.0971. The Morgan fingerprint density at radius 1 is 1.25 bits per heavy atom. The molecule has 1 aliphatic rings. The number of pyridine rings is 2. The van der Waals surface area contributed by atoms with Gasteiger partial charge in [0.15, 0.2) is 5.13 Å². The molecule has 0 unspecified atom stereocenters. The van der Waals surface area contributed by atoms with Crippen molar-refractivity contribution < 1.29 is 9.53 Å². The number of nitrogens with zero attached hydrogens (tertiary/aromatic N) is 5. The summed E-state index contributed by atoms with van der Waals surface area (Å²) in [7, 11) is 2.07. The average molecular weight is 453 g/mol. The molecule has 0 spiro atoms. The molecule has 0 aromatic carbocycles. The van der Waals surface area contributed by atoms with Crippen LogP contribution in [0, 0.1) is 6.92 Å². The van der Waals surface area contributed by atoms with Crippen LogP contribution in [0.5, 0.6) is 0 Å². The van der Waals surface area contributed by atoms with Gasteiger partial charge in [0, 0.05) is 38.6 Å². The fourth-order valence-corrected chi connectivity index (χ4v) is 4.65. The van der Waals surface area contributed by atoms with Gasteiger partial charge in [0.1, 0.15) is 11.6 Å². The summed E-state index contributed by atoms with van der Waals surface area (Å²) in [5, 5.41) is 4.22. The first-order valence-corrected chi connectivity index (χ1v) is 11.6. The van der Waals surface area contributed by atoms with Crippen molar-refractivity contribution >= 4 is 34.2 Å². The summed E-state index contributed by atoms with van der Waals surface area (Å²) in [5.41, 5.74) is 2.01. The molecule has 3 aromatic heterocycles. The highest BCUT2D eigenvalue weighted by Crippen LogP contribution is 2.32. The largest absolute Gasteiger partial charge is 0.450 e. The van der Waals surface area contributed by atoms with Crippen molar-refractivity contribution in [3.63, 3.8) is 0 Å². The molecule has 1 amide bonds. The van der Waals surface area contributed by atoms with Gasteiger partial charge in [-0.1, -0.05) is 17.4 Å². The number of nitrogens with one attached hydrogen (secondary N) is 1. The SMILES string of the molecule is CCOC(=O)N1CCC(N(C)c2ncc(-c3cccc(Nc4cc(C)ccn4)n3)s2)CC1. The normalized spacial score (nSPS) is 14.3. The van der Waals surface area contributed by atoms with Crippen molar-refractivity contribution in [3.05, 3.63) is 48.3 Å². The third-order valence-electron chi connectivity index (χ3n) is 5.51. The van der Waals surface area contributed by atoms with E-state index in [1.54, 1.807) is 22.4 Å². The van der Waals surface area contributed by atoms with Gasteiger partial charge in [-0.2, -0.15) is 0 Å². The Labute approximate surface area is 192 Å². The topological polar surface area (TPSA) is 83.5 Å². The van der Waals surface area contributed by atoms with E-state index >= 15 is 0 Å². The van der Waals surface area contributed by atoms with Crippen molar-refractivity contribution in [2.45, 2.75) is 32.7 Å². The second-order valence-electron chi connectivity index (χ2n) is 7.79. The molecular weight excluding hydrogens is 424 g/mol. The van der Waals surface area contributed by atoms with Crippen molar-refractivity contribution in [2.75, 3.05) is 37.0 Å². The Balaban J connectivity index is 1.41. The molecule has 1 N–H and O–H groups in total. The van der Waals surface area contributed by atoms with Gasteiger partial charge >= 0.3 is 6.09 Å². The van der Waals surface area contributed by atoms with Gasteiger partial charge in [-0.3, -0.25) is 0 Å². The van der Waals surface area contributed by atoms with E-state index in [0.717, 1.165) is 45.7 Å². The van der Waals surface area contributed by atoms with Gasteiger partial charge in [-0.05, 0) is 56.5 Å². The van der Waals surface area contributed by atoms with E-state index in [1.807, 2.05) is 50.4 Å². The van der Waals surface area contributed by atoms with Crippen LogP contribution in [0.3, 0.4) is 0 Å². The standard InChI is InChI=1S/C23H28N6O2S/c1-4-31-23(30)29-12-9-17(10-13-29)28(3)22-25-15-19(32-22)18-6-5-7-20(26-18)27-21-14-16(2)8-11-24-21/h5-8,11,14-15,17H,4,9-10,12-13H2,1-3H3,(H,24,26,27). The third kappa shape index (κ3) is 5.16. The van der Waals surface area contributed by atoms with E-state index in [9.17, 15) is 4.79 Å². The first-order valence-electron chi connectivity index (χ1n) is 10.8. The van der Waals surface area contributed by atoms with Crippen LogP contribution in [0.25, 0.3) is 10.6 Å². The maximum Gasteiger partial charge on any atom is 0.409 e. The number of thiazole rings is 1. The second-order valence-corrected chi connectivity index (χ2v) is 8.80. The highest BCUT2D eigenvalue weighted by Gasteiger charge is 2.27. The minimum Gasteiger partial charge on any atom is -0.450 e. The minimum atomic E-state index is -0.217. The monoisotopic (exact) mass is 452 g/mol. The lowest BCUT2D eigenvalue weighted by Gasteiger charge is -2.36. The van der Waals surface area contributed by atoms with Gasteiger partial charge in [-0.25, -0.2) is 19.7 Å². The number of anilines is 3. The Bertz CT molecular complexity index is 1060. The van der Waals surface area contributed by atoms with Gasteiger partial charge in [0.2, 0.25) is 0 Å². The summed E-state index contributed by atoms with van der Waals surface area (Å²) in [5.74, 6) is 1.52. The quantitative estimate of drug-likeness (QED) is 0.580. The zero-order valence-electron chi connectivity index (χ0n) is 18.6. The van der Waals surface area contributed by atoms with Crippen LogP contribution < -0.4 is 10.2 Å². The van der Waals surface area contributed by atoms with Crippen molar-refractivity contribution in [1.29, 1.82) is 0 Å². The number of piperidine rings is 1. The highest BCUT2D eigenvalue weighted by molar-refractivity contribution is 7.18. The first kappa shape index (κ1) is 22.0. The van der Waals surface area contributed by atoms with E-state index in [2.05, 4.69) is 27.2 Å². The molecule has 3 aromatic rings. The predicted octanol–water partition coefficient (Wildman–Crippen LogP) is 4.71. The zero-order valence-corrected chi connectivity index (χ0v) is 19.4. The van der Waals surface area contributed by atoms with Crippen LogP contribution in [-0.2, 0) is 4.74 Å². The first-order chi connectivity index (χ1) is 15.5. The average Bonchev–Trinajstić information content (AvgIpc) is 3.29. The van der Waals surface area contributed by atoms with Crippen molar-refractivity contribution in [2.24, 2.45) is 0 Å². The molecule has 1 saturated heterocycles. The molecule has 9 heteroatoms. The summed E-state index contributed by atoms with van der Waals surface area (Å²) in [6, 6.07) is 10.2. The Hall–Kier alpha value is -3.20. The van der Waals surface area contributed by atoms with Crippen molar-refractivity contribution in [3.8, 4) is 10.6 Å². The molecule has 4 rings (SSSR count). The number of carbonyl (C=O) groups excluding carboxylic acids is 1. The Morgan fingerprint density at radius 2 is 2.06 bits per heavy atom. The molecule has 4 heterocycles. The lowest BCUT2D eigenvalue weighted by Crippen LogP contribution is -2.45. The van der Waals surface area contributed by atoms with Crippen molar-refractivity contribution in [1.82, 2.24) is 19.9 Å². The smallest absolute Gasteiger partial charge is 0.409 e. The third-order valence-corrected chi connectivity index (χ3v) is 6.62. The second kappa shape index (κ2) is 9.95. The van der Waals surface area contributed by atoms with Crippen LogP contribution >= 0.6 is 11.3 Å². The molecule has 0 saturated carbocycles. The summed E-state index contributed by atoms with van der Waals surface area (Å²) in [4.78, 5) is 30.7. The molecule has 1 aliphatic heterocycles. The number of hydrogen-bond acceptors (Lipinski definition) is 8. The summed E-state index contributed by atoms with van der Waals surface area (Å²) in [6.45, 7) is 5.68. The molecule has 32 heavy (non-hydrogen) atoms. The van der Waals surface area contributed by atoms with E-state index < -0.39 is 0 Å². The molecule has 0 atom stereocenters. The van der Waals surface area contributed by atoms with Crippen LogP contribution in [0.1, 0.15) is 25.3 Å². The van der Waals surface area contributed by atoms with Crippen LogP contribution in [0.2, 0.25) is 0 Å². The number of amides is 1. The van der Waals surface area contributed by atoms with Gasteiger partial charge in [0.25, 0.3) is 0 Å². The highest BCUT2D eigenvalue weighted by atomic mass is 32.1. The number of ether oxygens (including phenoxy) is 1. The molecule has 0 bridgehead atoms. The Kier molecular flexibility index (Phi) is 6.84. The predicted molar refractivity (Wildman–Crippen MR) is 128 cm³/mol. The fraction of sp³-hybridized carbons (Fsp3) is 0.391. The maximum absolute atomic E-state index is 11.9. The number of aromatic nitrogens is 3. The number of carbonyl (C=O) groups is 1. The van der Waals surface area contributed by atoms with E-state index in [0.29, 0.717) is 25.7 Å². The lowest BCUT2D eigenvalue weighted by atomic mass is 10.0. The van der Waals surface area contributed by atoms with E-state index in [4.69, 9.17) is 9.72 Å². The molecular formula is C23H28N6O2S. The zero-order chi connectivity index (χ0) is 22.5. The van der Waals surface area contributed by atoms with E-state index in [1.165, 1.54) is 0 Å². The minimum absolute atomic E-state index is 0.217. The number of hydrogen-bond donors (Lipinski definition) is 1. The van der Waals surface area contributed by atoms with Crippen LogP contribution in [0.15, 0.2) is 42.7 Å². The molecule has 1 fully saturated rings. The van der Waals surface area contributed by atoms with Crippen LogP contribution in [-0.4, -0.2) is 58.7 Å². The van der Waals surface area contributed by atoms with E-state index in [-0.39, 0.29) is 6.09 Å². The molecule has 8 nitrogen and oxygen atoms in total. The molecule has 0 aliphatic carbocycles. The van der Waals surface area contributed by atoms with Gasteiger partial charge in [0.05, 0.1) is 17.2 Å². The molecule has 168 valence electrons. The number of rotatable bonds is 6. The van der Waals surface area contributed by atoms with Gasteiger partial charge in [-0.15, -0.1) is 0 Å². The van der Waals surface area contributed by atoms with Crippen LogP contribution in [0.4, 0.5) is 21.6 Å². The summed E-state index contributed by atoms with van der Waals surface area (Å²) >= 11 is 1.62. The molecule has 0 radical (unpaired) electrons. The van der Waals surface area contributed by atoms with Gasteiger partial charge < -0.3 is 19.9 Å². The maximum atomic E-state index is 11.9. The number of likely N-dealkylation sites (tertiary alicyclic amines) is 1. The Morgan fingerprint density at radius 3 is 2.81 bits per heavy atom. The fourth-order valence-electron chi connectivity index (χ4n) is 3.73. The number of aryl methyl sites for hydroxylation is 1. The summed E-state index contributed by atoms with van der Waals surface area (Å²) < 4.78 is 5.11.